The predicted molar refractivity (Wildman–Crippen MR) is 73.3 cm³/mol. The van der Waals surface area contributed by atoms with Gasteiger partial charge in [0.25, 0.3) is 0 Å². The minimum absolute atomic E-state index is 0.0429. The van der Waals surface area contributed by atoms with Crippen LogP contribution in [-0.2, 0) is 5.41 Å². The van der Waals surface area contributed by atoms with Gasteiger partial charge in [-0.2, -0.15) is 0 Å². The minimum Gasteiger partial charge on any atom is -0.0587 e. The van der Waals surface area contributed by atoms with Crippen molar-refractivity contribution in [3.8, 4) is 0 Å². The van der Waals surface area contributed by atoms with Crippen molar-refractivity contribution in [3.05, 3.63) is 34.9 Å². The molecule has 0 bridgehead atoms. The van der Waals surface area contributed by atoms with Crippen LogP contribution >= 0.6 is 0 Å². The molecule has 0 aliphatic rings. The van der Waals surface area contributed by atoms with E-state index in [1.165, 1.54) is 5.56 Å². The van der Waals surface area contributed by atoms with E-state index in [2.05, 4.69) is 32.9 Å². The summed E-state index contributed by atoms with van der Waals surface area (Å²) < 4.78 is 16.4. The van der Waals surface area contributed by atoms with Crippen molar-refractivity contribution in [2.75, 3.05) is 0 Å². The second-order valence-corrected chi connectivity index (χ2v) is 6.05. The monoisotopic (exact) mass is 220 g/mol. The second-order valence-electron chi connectivity index (χ2n) is 6.05. The van der Waals surface area contributed by atoms with E-state index in [0.29, 0.717) is 0 Å². The molecule has 1 aromatic rings. The molecule has 0 N–H and O–H groups in total. The third-order valence-corrected chi connectivity index (χ3v) is 2.95. The minimum atomic E-state index is -0.624. The topological polar surface area (TPSA) is 0 Å². The second kappa shape index (κ2) is 4.61. The zero-order valence-electron chi connectivity index (χ0n) is 13.7. The SMILES string of the molecule is [2H]C(C)(C)c1cc(C([2H])(C)C)cc(C(C)(C)C)c1. The molecular formula is C16H26. The van der Waals surface area contributed by atoms with E-state index in [9.17, 15) is 0 Å². The van der Waals surface area contributed by atoms with Crippen LogP contribution in [0.25, 0.3) is 0 Å². The maximum Gasteiger partial charge on any atom is 0.0347 e. The maximum absolute atomic E-state index is 8.21. The summed E-state index contributed by atoms with van der Waals surface area (Å²) in [5, 5.41) is 0. The molecule has 0 aromatic heterocycles. The Bertz CT molecular complexity index is 347. The fourth-order valence-corrected chi connectivity index (χ4v) is 1.64. The first-order valence-electron chi connectivity index (χ1n) is 6.98. The van der Waals surface area contributed by atoms with E-state index >= 15 is 0 Å². The molecule has 0 amide bonds. The standard InChI is InChI=1S/C16H26/c1-11(2)13-8-14(12(3)4)10-15(9-13)16(5,6)7/h8-12H,1-7H3/i11D,12D. The van der Waals surface area contributed by atoms with Gasteiger partial charge in [-0.05, 0) is 33.9 Å². The lowest BCUT2D eigenvalue weighted by molar-refractivity contribution is 0.586. The molecule has 0 unspecified atom stereocenters. The summed E-state index contributed by atoms with van der Waals surface area (Å²) in [6, 6.07) is 6.24. The Hall–Kier alpha value is -0.780. The Morgan fingerprint density at radius 2 is 1.25 bits per heavy atom. The summed E-state index contributed by atoms with van der Waals surface area (Å²) >= 11 is 0. The normalized spacial score (nSPS) is 15.7. The molecule has 0 fully saturated rings. The highest BCUT2D eigenvalue weighted by atomic mass is 14.2. The van der Waals surface area contributed by atoms with Crippen LogP contribution in [0.5, 0.6) is 0 Å². The highest BCUT2D eigenvalue weighted by molar-refractivity contribution is 5.36. The molecule has 0 heteroatoms. The average Bonchev–Trinajstić information content (AvgIpc) is 2.13. The highest BCUT2D eigenvalue weighted by Crippen LogP contribution is 2.29. The van der Waals surface area contributed by atoms with Crippen LogP contribution in [0.2, 0.25) is 0 Å². The van der Waals surface area contributed by atoms with Gasteiger partial charge in [-0.15, -0.1) is 0 Å². The van der Waals surface area contributed by atoms with E-state index in [-0.39, 0.29) is 5.41 Å². The van der Waals surface area contributed by atoms with Crippen molar-refractivity contribution in [2.24, 2.45) is 0 Å². The van der Waals surface area contributed by atoms with Crippen LogP contribution in [0.1, 0.15) is 79.7 Å². The maximum atomic E-state index is 8.21. The first-order chi connectivity index (χ1) is 7.82. The Kier molecular flexibility index (Phi) is 2.99. The summed E-state index contributed by atoms with van der Waals surface area (Å²) in [5.41, 5.74) is 3.23. The molecule has 0 nitrogen and oxygen atoms in total. The van der Waals surface area contributed by atoms with Crippen molar-refractivity contribution in [1.29, 1.82) is 0 Å². The number of hydrogen-bond acceptors (Lipinski definition) is 0. The van der Waals surface area contributed by atoms with E-state index in [0.717, 1.165) is 11.1 Å². The zero-order valence-corrected chi connectivity index (χ0v) is 11.7. The van der Waals surface area contributed by atoms with E-state index in [1.54, 1.807) is 0 Å². The summed E-state index contributed by atoms with van der Waals surface area (Å²) in [5.74, 6) is -1.25. The van der Waals surface area contributed by atoms with Gasteiger partial charge < -0.3 is 0 Å². The van der Waals surface area contributed by atoms with Gasteiger partial charge in [-0.25, -0.2) is 0 Å². The molecule has 0 heterocycles. The molecule has 0 spiro atoms. The highest BCUT2D eigenvalue weighted by Gasteiger charge is 2.16. The molecule has 90 valence electrons. The molecule has 0 radical (unpaired) electrons. The lowest BCUT2D eigenvalue weighted by Gasteiger charge is -2.23. The van der Waals surface area contributed by atoms with Crippen LogP contribution < -0.4 is 0 Å². The largest absolute Gasteiger partial charge is 0.0587 e. The molecule has 0 aliphatic carbocycles. The van der Waals surface area contributed by atoms with Crippen LogP contribution in [0.4, 0.5) is 0 Å². The van der Waals surface area contributed by atoms with Gasteiger partial charge in [0.15, 0.2) is 0 Å². The summed E-state index contributed by atoms with van der Waals surface area (Å²) in [6.07, 6.45) is 0. The Morgan fingerprint density at radius 1 is 0.875 bits per heavy atom. The Morgan fingerprint density at radius 3 is 1.50 bits per heavy atom. The van der Waals surface area contributed by atoms with Crippen molar-refractivity contribution in [3.63, 3.8) is 0 Å². The fraction of sp³-hybridized carbons (Fsp3) is 0.625. The lowest BCUT2D eigenvalue weighted by atomic mass is 9.82. The summed E-state index contributed by atoms with van der Waals surface area (Å²) in [4.78, 5) is 0. The van der Waals surface area contributed by atoms with E-state index < -0.39 is 11.8 Å². The van der Waals surface area contributed by atoms with E-state index in [4.69, 9.17) is 2.74 Å². The Labute approximate surface area is 104 Å². The quantitative estimate of drug-likeness (QED) is 0.640. The van der Waals surface area contributed by atoms with Crippen LogP contribution in [0, 0.1) is 0 Å². The smallest absolute Gasteiger partial charge is 0.0347 e. The van der Waals surface area contributed by atoms with Crippen molar-refractivity contribution in [2.45, 2.75) is 65.7 Å². The van der Waals surface area contributed by atoms with Gasteiger partial charge in [-0.3, -0.25) is 0 Å². The van der Waals surface area contributed by atoms with Crippen LogP contribution in [0.15, 0.2) is 18.2 Å². The molecule has 1 rings (SSSR count). The van der Waals surface area contributed by atoms with Gasteiger partial charge >= 0.3 is 0 Å². The van der Waals surface area contributed by atoms with Crippen molar-refractivity contribution >= 4 is 0 Å². The lowest BCUT2D eigenvalue weighted by Crippen LogP contribution is -2.12. The number of benzene rings is 1. The third-order valence-electron chi connectivity index (χ3n) is 2.95. The molecular weight excluding hydrogens is 192 g/mol. The Balaban J connectivity index is 3.49. The van der Waals surface area contributed by atoms with Crippen molar-refractivity contribution < 1.29 is 2.74 Å². The third kappa shape index (κ3) is 3.10. The molecule has 0 atom stereocenters. The molecule has 1 aromatic carbocycles. The fourth-order valence-electron chi connectivity index (χ4n) is 1.64. The van der Waals surface area contributed by atoms with Gasteiger partial charge in [-0.1, -0.05) is 66.7 Å². The molecule has 0 saturated carbocycles. The molecule has 16 heavy (non-hydrogen) atoms. The van der Waals surface area contributed by atoms with E-state index in [1.807, 2.05) is 33.8 Å². The summed E-state index contributed by atoms with van der Waals surface area (Å²) in [7, 11) is 0. The number of hydrogen-bond donors (Lipinski definition) is 0. The van der Waals surface area contributed by atoms with Gasteiger partial charge in [0.05, 0.1) is 0 Å². The summed E-state index contributed by atoms with van der Waals surface area (Å²) in [6.45, 7) is 14.1. The van der Waals surface area contributed by atoms with Crippen LogP contribution in [0.3, 0.4) is 0 Å². The predicted octanol–water partition coefficient (Wildman–Crippen LogP) is 5.23. The zero-order chi connectivity index (χ0) is 14.4. The van der Waals surface area contributed by atoms with Gasteiger partial charge in [0, 0.05) is 2.74 Å². The molecule has 0 aliphatic heterocycles. The van der Waals surface area contributed by atoms with Gasteiger partial charge in [0.2, 0.25) is 0 Å². The van der Waals surface area contributed by atoms with Crippen LogP contribution in [-0.4, -0.2) is 0 Å². The first kappa shape index (κ1) is 10.4. The number of rotatable bonds is 2. The van der Waals surface area contributed by atoms with Gasteiger partial charge in [0.1, 0.15) is 0 Å². The van der Waals surface area contributed by atoms with Crippen molar-refractivity contribution in [1.82, 2.24) is 0 Å². The molecule has 0 saturated heterocycles. The first-order valence-corrected chi connectivity index (χ1v) is 5.98. The average molecular weight is 220 g/mol.